The van der Waals surface area contributed by atoms with Crippen LogP contribution in [0.15, 0.2) is 18.2 Å². The fourth-order valence-corrected chi connectivity index (χ4v) is 2.03. The second-order valence-corrected chi connectivity index (χ2v) is 5.28. The SMILES string of the molecule is CNCCN(C(=O)c1cc(C)ccc1N)C(C)CC=O.N=CC=N. The van der Waals surface area contributed by atoms with Crippen LogP contribution in [0.3, 0.4) is 0 Å². The summed E-state index contributed by atoms with van der Waals surface area (Å²) in [6.07, 6.45) is 2.99. The molecule has 1 rings (SSSR count). The largest absolute Gasteiger partial charge is 0.398 e. The molecular weight excluding hydrogens is 306 g/mol. The molecule has 0 aliphatic carbocycles. The minimum Gasteiger partial charge on any atom is -0.398 e. The summed E-state index contributed by atoms with van der Waals surface area (Å²) in [5, 5.41) is 15.2. The lowest BCUT2D eigenvalue weighted by Gasteiger charge is -2.29. The summed E-state index contributed by atoms with van der Waals surface area (Å²) in [6, 6.07) is 5.26. The van der Waals surface area contributed by atoms with E-state index in [1.165, 1.54) is 0 Å². The number of nitrogens with two attached hydrogens (primary N) is 1. The molecule has 132 valence electrons. The van der Waals surface area contributed by atoms with Crippen LogP contribution in [0, 0.1) is 17.7 Å². The second kappa shape index (κ2) is 12.0. The molecular formula is C17H27N5O2. The van der Waals surface area contributed by atoms with Crippen LogP contribution in [0.1, 0.15) is 29.3 Å². The van der Waals surface area contributed by atoms with Crippen LogP contribution in [-0.2, 0) is 4.79 Å². The molecule has 0 heterocycles. The number of nitrogen functional groups attached to an aromatic ring is 1. The number of hydrogen-bond donors (Lipinski definition) is 4. The van der Waals surface area contributed by atoms with E-state index in [0.29, 0.717) is 30.8 Å². The fraction of sp³-hybridized carbons (Fsp3) is 0.412. The molecule has 1 atom stereocenters. The normalized spacial score (nSPS) is 10.8. The average Bonchev–Trinajstić information content (AvgIpc) is 2.57. The van der Waals surface area contributed by atoms with Gasteiger partial charge in [-0.05, 0) is 33.0 Å². The number of rotatable bonds is 8. The van der Waals surface area contributed by atoms with Crippen molar-refractivity contribution in [1.29, 1.82) is 10.8 Å². The summed E-state index contributed by atoms with van der Waals surface area (Å²) in [4.78, 5) is 25.0. The van der Waals surface area contributed by atoms with E-state index in [2.05, 4.69) is 5.32 Å². The van der Waals surface area contributed by atoms with Gasteiger partial charge in [0, 0.05) is 43.7 Å². The molecule has 24 heavy (non-hydrogen) atoms. The first-order valence-corrected chi connectivity index (χ1v) is 7.67. The van der Waals surface area contributed by atoms with E-state index in [1.807, 2.05) is 27.0 Å². The van der Waals surface area contributed by atoms with Gasteiger partial charge in [-0.15, -0.1) is 0 Å². The number of aldehydes is 1. The number of carbonyl (C=O) groups excluding carboxylic acids is 2. The van der Waals surface area contributed by atoms with Crippen LogP contribution in [-0.4, -0.2) is 55.7 Å². The Kier molecular flexibility index (Phi) is 10.7. The maximum atomic E-state index is 12.6. The smallest absolute Gasteiger partial charge is 0.256 e. The van der Waals surface area contributed by atoms with Gasteiger partial charge in [0.15, 0.2) is 0 Å². The molecule has 0 saturated carbocycles. The monoisotopic (exact) mass is 333 g/mol. The molecule has 1 unspecified atom stereocenters. The lowest BCUT2D eigenvalue weighted by Crippen LogP contribution is -2.42. The molecule has 0 spiro atoms. The van der Waals surface area contributed by atoms with Gasteiger partial charge in [0.2, 0.25) is 0 Å². The van der Waals surface area contributed by atoms with E-state index in [9.17, 15) is 9.59 Å². The third kappa shape index (κ3) is 7.15. The van der Waals surface area contributed by atoms with Crippen molar-refractivity contribution in [2.75, 3.05) is 25.9 Å². The van der Waals surface area contributed by atoms with Crippen LogP contribution in [0.4, 0.5) is 5.69 Å². The number of hydrogen-bond acceptors (Lipinski definition) is 6. The summed E-state index contributed by atoms with van der Waals surface area (Å²) >= 11 is 0. The third-order valence-corrected chi connectivity index (χ3v) is 3.36. The molecule has 0 aliphatic rings. The zero-order valence-corrected chi connectivity index (χ0v) is 14.5. The molecule has 0 bridgehead atoms. The fourth-order valence-electron chi connectivity index (χ4n) is 2.03. The number of amides is 1. The lowest BCUT2D eigenvalue weighted by molar-refractivity contribution is -0.108. The molecule has 1 aromatic rings. The van der Waals surface area contributed by atoms with Crippen molar-refractivity contribution in [3.05, 3.63) is 29.3 Å². The van der Waals surface area contributed by atoms with Gasteiger partial charge in [-0.3, -0.25) is 4.79 Å². The van der Waals surface area contributed by atoms with Gasteiger partial charge in [-0.1, -0.05) is 11.6 Å². The first kappa shape index (κ1) is 21.5. The molecule has 0 saturated heterocycles. The molecule has 0 aliphatic heterocycles. The van der Waals surface area contributed by atoms with Gasteiger partial charge in [0.05, 0.1) is 5.56 Å². The number of anilines is 1. The molecule has 7 nitrogen and oxygen atoms in total. The zero-order chi connectivity index (χ0) is 18.5. The van der Waals surface area contributed by atoms with Crippen LogP contribution in [0.5, 0.6) is 0 Å². The minimum absolute atomic E-state index is 0.129. The number of carbonyl (C=O) groups is 2. The van der Waals surface area contributed by atoms with Crippen molar-refractivity contribution < 1.29 is 9.59 Å². The van der Waals surface area contributed by atoms with Gasteiger partial charge < -0.3 is 31.6 Å². The Morgan fingerprint density at radius 1 is 1.38 bits per heavy atom. The molecule has 5 N–H and O–H groups in total. The van der Waals surface area contributed by atoms with Gasteiger partial charge in [0.25, 0.3) is 5.91 Å². The number of aryl methyl sites for hydroxylation is 1. The number of benzene rings is 1. The van der Waals surface area contributed by atoms with Crippen molar-refractivity contribution in [1.82, 2.24) is 10.2 Å². The van der Waals surface area contributed by atoms with E-state index in [1.54, 1.807) is 17.0 Å². The Labute approximate surface area is 143 Å². The summed E-state index contributed by atoms with van der Waals surface area (Å²) < 4.78 is 0. The van der Waals surface area contributed by atoms with E-state index >= 15 is 0 Å². The first-order chi connectivity index (χ1) is 11.4. The zero-order valence-electron chi connectivity index (χ0n) is 14.5. The second-order valence-electron chi connectivity index (χ2n) is 5.28. The Balaban J connectivity index is 0.00000118. The molecule has 0 radical (unpaired) electrons. The van der Waals surface area contributed by atoms with E-state index in [4.69, 9.17) is 16.6 Å². The van der Waals surface area contributed by atoms with Gasteiger partial charge >= 0.3 is 0 Å². The van der Waals surface area contributed by atoms with E-state index in [-0.39, 0.29) is 11.9 Å². The van der Waals surface area contributed by atoms with Crippen molar-refractivity contribution in [2.45, 2.75) is 26.3 Å². The van der Waals surface area contributed by atoms with Gasteiger partial charge in [-0.2, -0.15) is 0 Å². The van der Waals surface area contributed by atoms with Crippen molar-refractivity contribution >= 4 is 30.3 Å². The molecule has 1 amide bonds. The Bertz CT molecular complexity index is 554. The van der Waals surface area contributed by atoms with Crippen LogP contribution >= 0.6 is 0 Å². The molecule has 0 fully saturated rings. The Morgan fingerprint density at radius 2 is 2.00 bits per heavy atom. The maximum absolute atomic E-state index is 12.6. The summed E-state index contributed by atoms with van der Waals surface area (Å²) in [5.74, 6) is -0.129. The first-order valence-electron chi connectivity index (χ1n) is 7.67. The summed E-state index contributed by atoms with van der Waals surface area (Å²) in [6.45, 7) is 5.00. The van der Waals surface area contributed by atoms with Crippen LogP contribution in [0.2, 0.25) is 0 Å². The highest BCUT2D eigenvalue weighted by atomic mass is 16.2. The predicted molar refractivity (Wildman–Crippen MR) is 98.3 cm³/mol. The van der Waals surface area contributed by atoms with E-state index < -0.39 is 0 Å². The highest BCUT2D eigenvalue weighted by Crippen LogP contribution is 2.18. The lowest BCUT2D eigenvalue weighted by atomic mass is 10.1. The Hall–Kier alpha value is -2.54. The van der Waals surface area contributed by atoms with E-state index in [0.717, 1.165) is 24.3 Å². The number of nitrogens with one attached hydrogen (secondary N) is 3. The molecule has 0 aromatic heterocycles. The molecule has 1 aromatic carbocycles. The molecule has 7 heteroatoms. The number of nitrogens with zero attached hydrogens (tertiary/aromatic N) is 1. The average molecular weight is 333 g/mol. The standard InChI is InChI=1S/C15H23N3O2.C2H4N2/c1-11-4-5-14(16)13(10-11)15(20)18(8-7-17-3)12(2)6-9-19;3-1-2-4/h4-5,9-10,12,17H,6-8,16H2,1-3H3;1-4H. The van der Waals surface area contributed by atoms with Gasteiger partial charge in [-0.25, -0.2) is 0 Å². The minimum atomic E-state index is -0.145. The summed E-state index contributed by atoms with van der Waals surface area (Å²) in [7, 11) is 1.83. The highest BCUT2D eigenvalue weighted by Gasteiger charge is 2.22. The quantitative estimate of drug-likeness (QED) is 0.327. The third-order valence-electron chi connectivity index (χ3n) is 3.36. The topological polar surface area (TPSA) is 123 Å². The predicted octanol–water partition coefficient (Wildman–Crippen LogP) is 1.50. The van der Waals surface area contributed by atoms with Crippen molar-refractivity contribution in [2.24, 2.45) is 0 Å². The maximum Gasteiger partial charge on any atom is 0.256 e. The van der Waals surface area contributed by atoms with Crippen LogP contribution < -0.4 is 11.1 Å². The van der Waals surface area contributed by atoms with Crippen molar-refractivity contribution in [3.63, 3.8) is 0 Å². The summed E-state index contributed by atoms with van der Waals surface area (Å²) in [5.41, 5.74) is 7.85. The van der Waals surface area contributed by atoms with Crippen LogP contribution in [0.25, 0.3) is 0 Å². The number of likely N-dealkylation sites (N-methyl/N-ethyl adjacent to an activating group) is 1. The Morgan fingerprint density at radius 3 is 2.50 bits per heavy atom. The van der Waals surface area contributed by atoms with Gasteiger partial charge in [0.1, 0.15) is 6.29 Å². The van der Waals surface area contributed by atoms with Crippen molar-refractivity contribution in [3.8, 4) is 0 Å². The highest BCUT2D eigenvalue weighted by molar-refractivity contribution is 6.12.